The minimum atomic E-state index is 0. The van der Waals surface area contributed by atoms with Crippen molar-refractivity contribution in [1.29, 1.82) is 0 Å². The maximum Gasteiger partial charge on any atom is 3.00 e. The van der Waals surface area contributed by atoms with E-state index < -0.39 is 0 Å². The first-order chi connectivity index (χ1) is 10.2. The van der Waals surface area contributed by atoms with Crippen molar-refractivity contribution < 1.29 is 37.5 Å². The van der Waals surface area contributed by atoms with E-state index in [0.29, 0.717) is 11.5 Å². The second-order valence-corrected chi connectivity index (χ2v) is 4.12. The zero-order valence-corrected chi connectivity index (χ0v) is 18.2. The number of hydrogen-bond donors (Lipinski definition) is 0. The minimum Gasteiger partial charge on any atom is -0.376 e. The fourth-order valence-electron chi connectivity index (χ4n) is 1.43. The Kier molecular flexibility index (Phi) is 39.5. The van der Waals surface area contributed by atoms with Gasteiger partial charge in [-0.05, 0) is 0 Å². The van der Waals surface area contributed by atoms with Gasteiger partial charge in [0.1, 0.15) is 0 Å². The molecule has 0 aliphatic carbocycles. The first kappa shape index (κ1) is 29.9. The van der Waals surface area contributed by atoms with E-state index in [-0.39, 0.29) is 32.7 Å². The van der Waals surface area contributed by atoms with E-state index in [1.54, 1.807) is 30.6 Å². The summed E-state index contributed by atoms with van der Waals surface area (Å²) in [6.45, 7) is 18.0. The van der Waals surface area contributed by atoms with Crippen LogP contribution in [-0.4, -0.2) is 6.29 Å². The molecule has 0 aliphatic rings. The van der Waals surface area contributed by atoms with Crippen LogP contribution in [0.2, 0.25) is 0 Å². The Hall–Kier alpha value is -0.00610. The predicted octanol–water partition coefficient (Wildman–Crippen LogP) is 6.44. The Labute approximate surface area is 165 Å². The summed E-state index contributed by atoms with van der Waals surface area (Å²) in [5.74, 6) is 0.655. The molecule has 0 radical (unpaired) electrons. The zero-order valence-electron chi connectivity index (χ0n) is 15.4. The molecule has 22 heavy (non-hydrogen) atoms. The van der Waals surface area contributed by atoms with Crippen LogP contribution < -0.4 is 0 Å². The van der Waals surface area contributed by atoms with Crippen LogP contribution in [0, 0.1) is 19.8 Å². The van der Waals surface area contributed by atoms with Gasteiger partial charge in [-0.2, -0.15) is 30.0 Å². The van der Waals surface area contributed by atoms with E-state index in [1.807, 2.05) is 33.8 Å². The monoisotopic (exact) mass is 380 g/mol. The molecule has 1 unspecified atom stereocenters. The smallest absolute Gasteiger partial charge is 0.376 e. The predicted molar refractivity (Wildman–Crippen MR) is 96.9 cm³/mol. The minimum absolute atomic E-state index is 0. The second-order valence-electron chi connectivity index (χ2n) is 4.12. The van der Waals surface area contributed by atoms with Gasteiger partial charge in [0.05, 0.1) is 6.29 Å². The molecule has 0 N–H and O–H groups in total. The van der Waals surface area contributed by atoms with Crippen molar-refractivity contribution in [2.45, 2.75) is 66.7 Å². The summed E-state index contributed by atoms with van der Waals surface area (Å²) in [5.41, 5.74) is 0.604. The number of rotatable bonds is 6. The van der Waals surface area contributed by atoms with Crippen LogP contribution in [0.25, 0.3) is 0 Å². The Morgan fingerprint density at radius 3 is 1.86 bits per heavy atom. The third-order valence-corrected chi connectivity index (χ3v) is 2.47. The van der Waals surface area contributed by atoms with E-state index in [2.05, 4.69) is 20.8 Å². The SMILES string of the molecule is CC.CC.O=[C-]c1ccccc1.[CH2-]CCC([CH2-])CCCC.[Y+3]. The molecule has 1 nitrogen and oxygen atoms in total. The van der Waals surface area contributed by atoms with Gasteiger partial charge < -0.3 is 18.6 Å². The number of benzene rings is 1. The van der Waals surface area contributed by atoms with Gasteiger partial charge in [0.15, 0.2) is 0 Å². The molecule has 0 aliphatic heterocycles. The summed E-state index contributed by atoms with van der Waals surface area (Å²) < 4.78 is 0. The van der Waals surface area contributed by atoms with Crippen LogP contribution in [0.4, 0.5) is 0 Å². The van der Waals surface area contributed by atoms with E-state index in [1.165, 1.54) is 25.7 Å². The van der Waals surface area contributed by atoms with Gasteiger partial charge >= 0.3 is 32.7 Å². The van der Waals surface area contributed by atoms with Gasteiger partial charge in [-0.15, -0.1) is 18.6 Å². The summed E-state index contributed by atoms with van der Waals surface area (Å²) in [7, 11) is 0. The Balaban J connectivity index is -0.000000116. The Morgan fingerprint density at radius 1 is 1.05 bits per heavy atom. The average molecular weight is 380 g/mol. The van der Waals surface area contributed by atoms with E-state index in [0.717, 1.165) is 6.42 Å². The molecule has 124 valence electrons. The molecule has 1 rings (SSSR count). The maximum absolute atomic E-state index is 9.88. The van der Waals surface area contributed by atoms with Crippen LogP contribution in [0.3, 0.4) is 0 Å². The van der Waals surface area contributed by atoms with Crippen molar-refractivity contribution in [2.75, 3.05) is 0 Å². The summed E-state index contributed by atoms with van der Waals surface area (Å²) in [6, 6.07) is 8.90. The first-order valence-electron chi connectivity index (χ1n) is 8.30. The van der Waals surface area contributed by atoms with Crippen molar-refractivity contribution in [3.05, 3.63) is 49.7 Å². The number of unbranched alkanes of at least 4 members (excludes halogenated alkanes) is 1. The van der Waals surface area contributed by atoms with Crippen LogP contribution in [0.5, 0.6) is 0 Å². The summed E-state index contributed by atoms with van der Waals surface area (Å²) in [4.78, 5) is 9.88. The normalized spacial score (nSPS) is 9.23. The topological polar surface area (TPSA) is 17.1 Å². The van der Waals surface area contributed by atoms with Crippen LogP contribution in [0.1, 0.15) is 72.3 Å². The van der Waals surface area contributed by atoms with Gasteiger partial charge in [-0.3, -0.25) is 0 Å². The third-order valence-electron chi connectivity index (χ3n) is 2.47. The van der Waals surface area contributed by atoms with E-state index >= 15 is 0 Å². The van der Waals surface area contributed by atoms with Crippen molar-refractivity contribution >= 4 is 6.29 Å². The molecular weight excluding hydrogens is 345 g/mol. The van der Waals surface area contributed by atoms with Crippen molar-refractivity contribution in [1.82, 2.24) is 0 Å². The molecule has 1 aromatic carbocycles. The Morgan fingerprint density at radius 2 is 1.55 bits per heavy atom. The summed E-state index contributed by atoms with van der Waals surface area (Å²) >= 11 is 0. The molecular formula is C20H35OY. The van der Waals surface area contributed by atoms with E-state index in [9.17, 15) is 4.79 Å². The first-order valence-corrected chi connectivity index (χ1v) is 8.30. The van der Waals surface area contributed by atoms with Gasteiger partial charge in [0.25, 0.3) is 0 Å². The van der Waals surface area contributed by atoms with Crippen molar-refractivity contribution in [3.63, 3.8) is 0 Å². The molecule has 0 saturated heterocycles. The second kappa shape index (κ2) is 29.1. The van der Waals surface area contributed by atoms with Gasteiger partial charge in [-0.25, -0.2) is 0 Å². The molecule has 0 fully saturated rings. The zero-order chi connectivity index (χ0) is 16.9. The van der Waals surface area contributed by atoms with Gasteiger partial charge in [-0.1, -0.05) is 59.9 Å². The average Bonchev–Trinajstić information content (AvgIpc) is 2.58. The number of carbonyl (C=O) groups excluding carboxylic acids is 1. The molecule has 0 amide bonds. The molecule has 0 spiro atoms. The van der Waals surface area contributed by atoms with Crippen LogP contribution in [0.15, 0.2) is 30.3 Å². The fraction of sp³-hybridized carbons (Fsp3) is 0.550. The summed E-state index contributed by atoms with van der Waals surface area (Å²) in [6.07, 6.45) is 7.92. The molecule has 0 bridgehead atoms. The van der Waals surface area contributed by atoms with Crippen LogP contribution in [-0.2, 0) is 37.5 Å². The third kappa shape index (κ3) is 25.0. The molecule has 0 saturated carbocycles. The molecule has 2 heteroatoms. The molecule has 1 atom stereocenters. The van der Waals surface area contributed by atoms with Gasteiger partial charge in [0, 0.05) is 0 Å². The maximum atomic E-state index is 9.88. The van der Waals surface area contributed by atoms with Crippen molar-refractivity contribution in [2.24, 2.45) is 5.92 Å². The standard InChI is InChI=1S/C9H18.C7H5O.2C2H6.Y/c1-4-6-8-9(3)7-5-2;8-6-7-4-2-1-3-5-7;2*1-2;/h9H,2-8H2,1H3;1-5H;2*1-2H3;/q-2;-1;;;+3. The molecule has 0 heterocycles. The Bertz CT molecular complexity index is 272. The van der Waals surface area contributed by atoms with E-state index in [4.69, 9.17) is 0 Å². The molecule has 1 aromatic rings. The van der Waals surface area contributed by atoms with Crippen molar-refractivity contribution in [3.8, 4) is 0 Å². The quantitative estimate of drug-likeness (QED) is 0.519. The molecule has 0 aromatic heterocycles. The van der Waals surface area contributed by atoms with Crippen LogP contribution >= 0.6 is 0 Å². The number of hydrogen-bond acceptors (Lipinski definition) is 1. The largest absolute Gasteiger partial charge is 3.00 e. The summed E-state index contributed by atoms with van der Waals surface area (Å²) in [5, 5.41) is 0. The van der Waals surface area contributed by atoms with Gasteiger partial charge in [0.2, 0.25) is 0 Å². The fourth-order valence-corrected chi connectivity index (χ4v) is 1.43.